The van der Waals surface area contributed by atoms with Gasteiger partial charge in [0.2, 0.25) is 0 Å². The second-order valence-corrected chi connectivity index (χ2v) is 4.96. The quantitative estimate of drug-likeness (QED) is 0.800. The monoisotopic (exact) mass is 274 g/mol. The zero-order chi connectivity index (χ0) is 14.4. The van der Waals surface area contributed by atoms with E-state index in [0.717, 1.165) is 13.1 Å². The van der Waals surface area contributed by atoms with Crippen LogP contribution in [0.1, 0.15) is 12.5 Å². The average molecular weight is 274 g/mol. The van der Waals surface area contributed by atoms with Crippen molar-refractivity contribution in [2.24, 2.45) is 0 Å². The van der Waals surface area contributed by atoms with Crippen LogP contribution in [0.4, 0.5) is 5.69 Å². The van der Waals surface area contributed by atoms with E-state index in [1.165, 1.54) is 5.56 Å². The third-order valence-electron chi connectivity index (χ3n) is 3.22. The maximum absolute atomic E-state index is 10.1. The molecular formula is C15H22N4O. The van der Waals surface area contributed by atoms with Crippen LogP contribution in [0.2, 0.25) is 0 Å². The molecule has 1 aromatic carbocycles. The summed E-state index contributed by atoms with van der Waals surface area (Å²) >= 11 is 0. The molecule has 1 unspecified atom stereocenters. The van der Waals surface area contributed by atoms with E-state index in [2.05, 4.69) is 29.1 Å². The minimum atomic E-state index is -0.460. The molecule has 0 aliphatic rings. The maximum Gasteiger partial charge on any atom is 0.0862 e. The predicted molar refractivity (Wildman–Crippen MR) is 80.0 cm³/mol. The molecule has 1 atom stereocenters. The lowest BCUT2D eigenvalue weighted by Gasteiger charge is -2.23. The minimum absolute atomic E-state index is 0.460. The van der Waals surface area contributed by atoms with Gasteiger partial charge in [-0.15, -0.1) is 0 Å². The van der Waals surface area contributed by atoms with Gasteiger partial charge < -0.3 is 10.8 Å². The van der Waals surface area contributed by atoms with Gasteiger partial charge in [0.1, 0.15) is 0 Å². The highest BCUT2D eigenvalue weighted by atomic mass is 16.3. The normalized spacial score (nSPS) is 12.8. The standard InChI is InChI=1S/C15H22N4O/c1-2-18(9-13-6-4-3-5-7-13)11-15(20)12-19-10-14(16)8-17-19/h3-8,10,15,20H,2,9,11-12,16H2,1H3. The molecule has 0 saturated heterocycles. The third kappa shape index (κ3) is 4.36. The molecule has 2 aromatic rings. The van der Waals surface area contributed by atoms with Crippen molar-refractivity contribution in [1.82, 2.24) is 14.7 Å². The molecule has 20 heavy (non-hydrogen) atoms. The van der Waals surface area contributed by atoms with Crippen molar-refractivity contribution in [3.8, 4) is 0 Å². The van der Waals surface area contributed by atoms with Crippen LogP contribution in [0.15, 0.2) is 42.7 Å². The first-order valence-electron chi connectivity index (χ1n) is 6.89. The fourth-order valence-corrected chi connectivity index (χ4v) is 2.20. The Hall–Kier alpha value is -1.85. The minimum Gasteiger partial charge on any atom is -0.396 e. The van der Waals surface area contributed by atoms with Crippen LogP contribution >= 0.6 is 0 Å². The van der Waals surface area contributed by atoms with Gasteiger partial charge in [0.15, 0.2) is 0 Å². The number of likely N-dealkylation sites (N-methyl/N-ethyl adjacent to an activating group) is 1. The van der Waals surface area contributed by atoms with Gasteiger partial charge in [-0.1, -0.05) is 37.3 Å². The number of aliphatic hydroxyl groups is 1. The number of anilines is 1. The van der Waals surface area contributed by atoms with E-state index in [-0.39, 0.29) is 0 Å². The van der Waals surface area contributed by atoms with Gasteiger partial charge in [0, 0.05) is 19.3 Å². The molecular weight excluding hydrogens is 252 g/mol. The molecule has 0 saturated carbocycles. The van der Waals surface area contributed by atoms with Gasteiger partial charge in [-0.25, -0.2) is 0 Å². The first kappa shape index (κ1) is 14.6. The maximum atomic E-state index is 10.1. The van der Waals surface area contributed by atoms with E-state index in [9.17, 15) is 5.11 Å². The van der Waals surface area contributed by atoms with Crippen molar-refractivity contribution in [3.05, 3.63) is 48.3 Å². The van der Waals surface area contributed by atoms with Crippen LogP contribution in [0, 0.1) is 0 Å². The summed E-state index contributed by atoms with van der Waals surface area (Å²) in [4.78, 5) is 2.22. The largest absolute Gasteiger partial charge is 0.396 e. The number of nitrogen functional groups attached to an aromatic ring is 1. The molecule has 3 N–H and O–H groups in total. The van der Waals surface area contributed by atoms with Crippen molar-refractivity contribution in [2.45, 2.75) is 26.1 Å². The molecule has 0 spiro atoms. The number of rotatable bonds is 7. The van der Waals surface area contributed by atoms with Crippen molar-refractivity contribution in [2.75, 3.05) is 18.8 Å². The van der Waals surface area contributed by atoms with Crippen molar-refractivity contribution in [3.63, 3.8) is 0 Å². The van der Waals surface area contributed by atoms with Crippen LogP contribution in [0.25, 0.3) is 0 Å². The van der Waals surface area contributed by atoms with E-state index in [0.29, 0.717) is 18.8 Å². The number of nitrogens with two attached hydrogens (primary N) is 1. The van der Waals surface area contributed by atoms with Crippen LogP contribution in [0.5, 0.6) is 0 Å². The summed E-state index contributed by atoms with van der Waals surface area (Å²) in [6, 6.07) is 10.3. The molecule has 0 aliphatic heterocycles. The van der Waals surface area contributed by atoms with Gasteiger partial charge in [-0.3, -0.25) is 9.58 Å². The van der Waals surface area contributed by atoms with Crippen LogP contribution in [0.3, 0.4) is 0 Å². The van der Waals surface area contributed by atoms with E-state index in [1.807, 2.05) is 18.2 Å². The molecule has 5 heteroatoms. The Morgan fingerprint density at radius 3 is 2.70 bits per heavy atom. The summed E-state index contributed by atoms with van der Waals surface area (Å²) in [5.74, 6) is 0. The molecule has 1 heterocycles. The van der Waals surface area contributed by atoms with Gasteiger partial charge >= 0.3 is 0 Å². The summed E-state index contributed by atoms with van der Waals surface area (Å²) < 4.78 is 1.68. The summed E-state index contributed by atoms with van der Waals surface area (Å²) in [5.41, 5.74) is 7.48. The molecule has 1 aromatic heterocycles. The topological polar surface area (TPSA) is 67.3 Å². The Balaban J connectivity index is 1.86. The Bertz CT molecular complexity index is 512. The van der Waals surface area contributed by atoms with Gasteiger partial charge in [0.25, 0.3) is 0 Å². The zero-order valence-corrected chi connectivity index (χ0v) is 11.8. The Kier molecular flexibility index (Phi) is 5.15. The number of hydrogen-bond donors (Lipinski definition) is 2. The van der Waals surface area contributed by atoms with Crippen molar-refractivity contribution in [1.29, 1.82) is 0 Å². The highest BCUT2D eigenvalue weighted by Gasteiger charge is 2.12. The van der Waals surface area contributed by atoms with Crippen LogP contribution < -0.4 is 5.73 Å². The molecule has 2 rings (SSSR count). The van der Waals surface area contributed by atoms with E-state index in [4.69, 9.17) is 5.73 Å². The Morgan fingerprint density at radius 1 is 1.35 bits per heavy atom. The molecule has 5 nitrogen and oxygen atoms in total. The SMILES string of the molecule is CCN(Cc1ccccc1)CC(O)Cn1cc(N)cn1. The molecule has 0 amide bonds. The number of aromatic nitrogens is 2. The highest BCUT2D eigenvalue weighted by Crippen LogP contribution is 2.06. The van der Waals surface area contributed by atoms with Gasteiger partial charge in [0.05, 0.1) is 24.5 Å². The van der Waals surface area contributed by atoms with Gasteiger partial charge in [-0.05, 0) is 12.1 Å². The summed E-state index contributed by atoms with van der Waals surface area (Å²) in [7, 11) is 0. The number of hydrogen-bond acceptors (Lipinski definition) is 4. The Morgan fingerprint density at radius 2 is 2.10 bits per heavy atom. The molecule has 0 fully saturated rings. The zero-order valence-electron chi connectivity index (χ0n) is 11.8. The lowest BCUT2D eigenvalue weighted by atomic mass is 10.2. The Labute approximate surface area is 119 Å². The van der Waals surface area contributed by atoms with E-state index >= 15 is 0 Å². The summed E-state index contributed by atoms with van der Waals surface area (Å²) in [6.07, 6.45) is 2.86. The summed E-state index contributed by atoms with van der Waals surface area (Å²) in [6.45, 7) is 4.91. The lowest BCUT2D eigenvalue weighted by Crippen LogP contribution is -2.34. The lowest BCUT2D eigenvalue weighted by molar-refractivity contribution is 0.0941. The predicted octanol–water partition coefficient (Wildman–Crippen LogP) is 1.35. The van der Waals surface area contributed by atoms with E-state index in [1.54, 1.807) is 17.1 Å². The van der Waals surface area contributed by atoms with Crippen LogP contribution in [-0.4, -0.2) is 39.0 Å². The van der Waals surface area contributed by atoms with Crippen LogP contribution in [-0.2, 0) is 13.1 Å². The first-order chi connectivity index (χ1) is 9.67. The fraction of sp³-hybridized carbons (Fsp3) is 0.400. The molecule has 0 bridgehead atoms. The first-order valence-corrected chi connectivity index (χ1v) is 6.89. The third-order valence-corrected chi connectivity index (χ3v) is 3.22. The smallest absolute Gasteiger partial charge is 0.0862 e. The summed E-state index contributed by atoms with van der Waals surface area (Å²) in [5, 5.41) is 14.2. The van der Waals surface area contributed by atoms with Gasteiger partial charge in [-0.2, -0.15) is 5.10 Å². The second-order valence-electron chi connectivity index (χ2n) is 4.96. The highest BCUT2D eigenvalue weighted by molar-refractivity contribution is 5.30. The molecule has 0 aliphatic carbocycles. The fourth-order valence-electron chi connectivity index (χ4n) is 2.20. The van der Waals surface area contributed by atoms with Crippen molar-refractivity contribution < 1.29 is 5.11 Å². The average Bonchev–Trinajstić information content (AvgIpc) is 2.84. The number of benzene rings is 1. The number of nitrogens with zero attached hydrogens (tertiary/aromatic N) is 3. The number of aliphatic hydroxyl groups excluding tert-OH is 1. The molecule has 108 valence electrons. The molecule has 0 radical (unpaired) electrons. The second kappa shape index (κ2) is 7.07. The van der Waals surface area contributed by atoms with Crippen molar-refractivity contribution >= 4 is 5.69 Å². The van der Waals surface area contributed by atoms with E-state index < -0.39 is 6.10 Å².